The average Bonchev–Trinajstić information content (AvgIpc) is 2.32. The Balaban J connectivity index is 2.30. The molecule has 11 heavy (non-hydrogen) atoms. The highest BCUT2D eigenvalue weighted by Crippen LogP contribution is 2.26. The molecule has 1 fully saturated rings. The minimum Gasteiger partial charge on any atom is -0.384 e. The summed E-state index contributed by atoms with van der Waals surface area (Å²) in [7, 11) is 3.45. The highest BCUT2D eigenvalue weighted by atomic mass is 16.5. The largest absolute Gasteiger partial charge is 0.384 e. The third-order valence-electron chi connectivity index (χ3n) is 2.35. The molecule has 0 aromatic carbocycles. The molecule has 2 N–H and O–H groups in total. The van der Waals surface area contributed by atoms with E-state index in [0.29, 0.717) is 5.92 Å². The van der Waals surface area contributed by atoms with Crippen molar-refractivity contribution in [3.8, 4) is 0 Å². The van der Waals surface area contributed by atoms with E-state index in [1.54, 1.807) is 14.2 Å². The first-order chi connectivity index (χ1) is 5.27. The predicted molar refractivity (Wildman–Crippen MR) is 43.4 cm³/mol. The van der Waals surface area contributed by atoms with Crippen molar-refractivity contribution in [3.63, 3.8) is 0 Å². The Morgan fingerprint density at radius 1 is 1.36 bits per heavy atom. The number of rotatable bonds is 3. The van der Waals surface area contributed by atoms with Crippen LogP contribution in [-0.4, -0.2) is 33.0 Å². The fraction of sp³-hybridized carbons (Fsp3) is 1.00. The van der Waals surface area contributed by atoms with E-state index in [1.807, 2.05) is 0 Å². The molecule has 0 bridgehead atoms. The highest BCUT2D eigenvalue weighted by molar-refractivity contribution is 4.86. The first-order valence-electron chi connectivity index (χ1n) is 4.05. The topological polar surface area (TPSA) is 44.5 Å². The van der Waals surface area contributed by atoms with Gasteiger partial charge in [-0.25, -0.2) is 0 Å². The summed E-state index contributed by atoms with van der Waals surface area (Å²) in [5, 5.41) is 0. The van der Waals surface area contributed by atoms with Gasteiger partial charge in [-0.05, 0) is 18.8 Å². The van der Waals surface area contributed by atoms with Gasteiger partial charge in [-0.2, -0.15) is 0 Å². The molecule has 0 aromatic heterocycles. The first kappa shape index (κ1) is 8.97. The van der Waals surface area contributed by atoms with Gasteiger partial charge in [0.2, 0.25) is 0 Å². The van der Waals surface area contributed by atoms with Crippen molar-refractivity contribution in [1.29, 1.82) is 0 Å². The molecular weight excluding hydrogens is 142 g/mol. The molecular formula is C8H17NO2. The zero-order valence-corrected chi connectivity index (χ0v) is 7.25. The minimum atomic E-state index is 0.208. The molecule has 0 spiro atoms. The van der Waals surface area contributed by atoms with E-state index in [9.17, 15) is 0 Å². The molecule has 0 heterocycles. The van der Waals surface area contributed by atoms with Crippen LogP contribution in [0.2, 0.25) is 0 Å². The Bertz CT molecular complexity index is 119. The molecule has 3 atom stereocenters. The van der Waals surface area contributed by atoms with Crippen LogP contribution in [0, 0.1) is 5.92 Å². The van der Waals surface area contributed by atoms with Gasteiger partial charge in [-0.15, -0.1) is 0 Å². The zero-order valence-electron chi connectivity index (χ0n) is 7.25. The highest BCUT2D eigenvalue weighted by Gasteiger charge is 2.31. The number of hydrogen-bond acceptors (Lipinski definition) is 3. The summed E-state index contributed by atoms with van der Waals surface area (Å²) in [6.07, 6.45) is 2.33. The van der Waals surface area contributed by atoms with Crippen LogP contribution in [0.25, 0.3) is 0 Å². The van der Waals surface area contributed by atoms with Crippen LogP contribution in [0.15, 0.2) is 0 Å². The van der Waals surface area contributed by atoms with Crippen molar-refractivity contribution >= 4 is 0 Å². The third-order valence-corrected chi connectivity index (χ3v) is 2.35. The smallest absolute Gasteiger partial charge is 0.0725 e. The second-order valence-corrected chi connectivity index (χ2v) is 3.23. The van der Waals surface area contributed by atoms with E-state index in [0.717, 1.165) is 19.4 Å². The predicted octanol–water partition coefficient (Wildman–Crippen LogP) is 0.385. The molecule has 0 amide bonds. The van der Waals surface area contributed by atoms with Gasteiger partial charge in [0.05, 0.1) is 6.10 Å². The van der Waals surface area contributed by atoms with Crippen molar-refractivity contribution in [1.82, 2.24) is 0 Å². The summed E-state index contributed by atoms with van der Waals surface area (Å²) in [5.74, 6) is 0.597. The molecule has 1 rings (SSSR count). The van der Waals surface area contributed by atoms with Gasteiger partial charge >= 0.3 is 0 Å². The second kappa shape index (κ2) is 4.04. The van der Waals surface area contributed by atoms with Crippen LogP contribution < -0.4 is 5.73 Å². The minimum absolute atomic E-state index is 0.208. The zero-order chi connectivity index (χ0) is 8.27. The number of nitrogens with two attached hydrogens (primary N) is 1. The fourth-order valence-electron chi connectivity index (χ4n) is 1.78. The lowest BCUT2D eigenvalue weighted by molar-refractivity contribution is 0.0862. The number of hydrogen-bond donors (Lipinski definition) is 1. The molecule has 1 aliphatic rings. The Morgan fingerprint density at radius 3 is 2.55 bits per heavy atom. The van der Waals surface area contributed by atoms with Gasteiger partial charge in [0, 0.05) is 26.9 Å². The molecule has 3 heteroatoms. The maximum absolute atomic E-state index is 5.83. The van der Waals surface area contributed by atoms with Gasteiger partial charge in [-0.1, -0.05) is 0 Å². The van der Waals surface area contributed by atoms with Crippen LogP contribution in [0.5, 0.6) is 0 Å². The molecule has 0 aromatic rings. The maximum Gasteiger partial charge on any atom is 0.0725 e. The summed E-state index contributed by atoms with van der Waals surface area (Å²) >= 11 is 0. The van der Waals surface area contributed by atoms with Gasteiger partial charge in [0.15, 0.2) is 0 Å². The Kier molecular flexibility index (Phi) is 3.30. The average molecular weight is 159 g/mol. The number of ether oxygens (including phenoxy) is 2. The first-order valence-corrected chi connectivity index (χ1v) is 4.05. The number of methoxy groups -OCH3 is 2. The van der Waals surface area contributed by atoms with Crippen LogP contribution >= 0.6 is 0 Å². The van der Waals surface area contributed by atoms with Crippen LogP contribution in [0.3, 0.4) is 0 Å². The van der Waals surface area contributed by atoms with Crippen molar-refractivity contribution in [2.45, 2.75) is 25.0 Å². The van der Waals surface area contributed by atoms with Crippen LogP contribution in [0.4, 0.5) is 0 Å². The lowest BCUT2D eigenvalue weighted by atomic mass is 10.1. The van der Waals surface area contributed by atoms with Crippen LogP contribution in [-0.2, 0) is 9.47 Å². The molecule has 66 valence electrons. The van der Waals surface area contributed by atoms with Gasteiger partial charge in [-0.3, -0.25) is 0 Å². The summed E-state index contributed by atoms with van der Waals surface area (Å²) < 4.78 is 10.3. The molecule has 0 aliphatic heterocycles. The standard InChI is InChI=1S/C8H17NO2/c1-10-5-6-3-7(9)8(4-6)11-2/h6-8H,3-5,9H2,1-2H3. The molecule has 1 saturated carbocycles. The lowest BCUT2D eigenvalue weighted by Crippen LogP contribution is -2.30. The molecule has 0 saturated heterocycles. The lowest BCUT2D eigenvalue weighted by Gasteiger charge is -2.11. The molecule has 3 unspecified atom stereocenters. The van der Waals surface area contributed by atoms with E-state index >= 15 is 0 Å². The summed E-state index contributed by atoms with van der Waals surface area (Å²) in [6.45, 7) is 0.813. The molecule has 3 nitrogen and oxygen atoms in total. The van der Waals surface area contributed by atoms with Crippen molar-refractivity contribution in [2.75, 3.05) is 20.8 Å². The van der Waals surface area contributed by atoms with E-state index in [2.05, 4.69) is 0 Å². The van der Waals surface area contributed by atoms with Gasteiger partial charge in [0.1, 0.15) is 0 Å². The fourth-order valence-corrected chi connectivity index (χ4v) is 1.78. The van der Waals surface area contributed by atoms with Crippen molar-refractivity contribution in [3.05, 3.63) is 0 Å². The molecule has 0 radical (unpaired) electrons. The van der Waals surface area contributed by atoms with Crippen LogP contribution in [0.1, 0.15) is 12.8 Å². The maximum atomic E-state index is 5.83. The Hall–Kier alpha value is -0.120. The Labute approximate surface area is 67.9 Å². The monoisotopic (exact) mass is 159 g/mol. The summed E-state index contributed by atoms with van der Waals surface area (Å²) in [5.41, 5.74) is 5.83. The normalized spacial score (nSPS) is 37.9. The van der Waals surface area contributed by atoms with E-state index < -0.39 is 0 Å². The van der Waals surface area contributed by atoms with Gasteiger partial charge < -0.3 is 15.2 Å². The van der Waals surface area contributed by atoms with Crippen molar-refractivity contribution in [2.24, 2.45) is 11.7 Å². The van der Waals surface area contributed by atoms with E-state index in [4.69, 9.17) is 15.2 Å². The molecule has 1 aliphatic carbocycles. The Morgan fingerprint density at radius 2 is 2.09 bits per heavy atom. The second-order valence-electron chi connectivity index (χ2n) is 3.23. The van der Waals surface area contributed by atoms with Gasteiger partial charge in [0.25, 0.3) is 0 Å². The van der Waals surface area contributed by atoms with E-state index in [-0.39, 0.29) is 12.1 Å². The quantitative estimate of drug-likeness (QED) is 0.647. The van der Waals surface area contributed by atoms with Crippen molar-refractivity contribution < 1.29 is 9.47 Å². The van der Waals surface area contributed by atoms with E-state index in [1.165, 1.54) is 0 Å². The summed E-state index contributed by atoms with van der Waals surface area (Å²) in [4.78, 5) is 0. The SMILES string of the molecule is COCC1CC(N)C(OC)C1. The third kappa shape index (κ3) is 2.15. The summed E-state index contributed by atoms with van der Waals surface area (Å²) in [6, 6.07) is 0.208.